The number of nitrogens with one attached hydrogen (secondary N) is 2. The van der Waals surface area contributed by atoms with Crippen LogP contribution in [0.1, 0.15) is 19.3 Å². The zero-order valence-electron chi connectivity index (χ0n) is 9.28. The second kappa shape index (κ2) is 4.58. The summed E-state index contributed by atoms with van der Waals surface area (Å²) in [5.41, 5.74) is -0.804. The smallest absolute Gasteiger partial charge is 0.279 e. The third-order valence-corrected chi connectivity index (χ3v) is 4.84. The summed E-state index contributed by atoms with van der Waals surface area (Å²) >= 11 is 0. The molecule has 0 spiro atoms. The molecule has 0 aromatic heterocycles. The van der Waals surface area contributed by atoms with Gasteiger partial charge in [0, 0.05) is 32.7 Å². The molecule has 0 amide bonds. The molecule has 3 N–H and O–H groups in total. The van der Waals surface area contributed by atoms with E-state index in [1.54, 1.807) is 0 Å². The number of nitrogens with zero attached hydrogens (tertiary/aromatic N) is 1. The Bertz CT molecular complexity index is 334. The molecular weight excluding hydrogens is 230 g/mol. The van der Waals surface area contributed by atoms with E-state index >= 15 is 0 Å². The highest BCUT2D eigenvalue weighted by Crippen LogP contribution is 2.30. The lowest BCUT2D eigenvalue weighted by atomic mass is 9.81. The van der Waals surface area contributed by atoms with Gasteiger partial charge in [-0.15, -0.1) is 0 Å². The number of rotatable bonds is 4. The van der Waals surface area contributed by atoms with Gasteiger partial charge in [-0.3, -0.25) is 0 Å². The lowest BCUT2D eigenvalue weighted by Crippen LogP contribution is -2.54. The van der Waals surface area contributed by atoms with Crippen molar-refractivity contribution < 1.29 is 13.5 Å². The van der Waals surface area contributed by atoms with Gasteiger partial charge in [-0.1, -0.05) is 0 Å². The van der Waals surface area contributed by atoms with Crippen LogP contribution in [0.2, 0.25) is 0 Å². The predicted molar refractivity (Wildman–Crippen MR) is 60.2 cm³/mol. The quantitative estimate of drug-likeness (QED) is 0.575. The highest BCUT2D eigenvalue weighted by molar-refractivity contribution is 7.87. The Morgan fingerprint density at radius 1 is 1.31 bits per heavy atom. The van der Waals surface area contributed by atoms with Crippen LogP contribution in [0.4, 0.5) is 0 Å². The number of hydrogen-bond donors (Lipinski definition) is 3. The Hall–Kier alpha value is -0.210. The Kier molecular flexibility index (Phi) is 3.50. The minimum Gasteiger partial charge on any atom is -0.389 e. The predicted octanol–water partition coefficient (Wildman–Crippen LogP) is -1.36. The fourth-order valence-corrected chi connectivity index (χ4v) is 3.26. The topological polar surface area (TPSA) is 81.7 Å². The van der Waals surface area contributed by atoms with Crippen molar-refractivity contribution in [1.82, 2.24) is 14.3 Å². The molecule has 6 nitrogen and oxygen atoms in total. The van der Waals surface area contributed by atoms with Crippen LogP contribution in [0.5, 0.6) is 0 Å². The zero-order chi connectivity index (χ0) is 11.6. The third-order valence-electron chi connectivity index (χ3n) is 3.28. The van der Waals surface area contributed by atoms with Crippen molar-refractivity contribution in [2.24, 2.45) is 0 Å². The van der Waals surface area contributed by atoms with E-state index in [0.717, 1.165) is 6.42 Å². The van der Waals surface area contributed by atoms with Crippen LogP contribution in [0.3, 0.4) is 0 Å². The lowest BCUT2D eigenvalue weighted by molar-refractivity contribution is -0.0273. The molecule has 2 fully saturated rings. The Morgan fingerprint density at radius 2 is 1.94 bits per heavy atom. The molecule has 1 aliphatic heterocycles. The van der Waals surface area contributed by atoms with E-state index in [0.29, 0.717) is 39.0 Å². The van der Waals surface area contributed by atoms with E-state index in [2.05, 4.69) is 10.0 Å². The SMILES string of the molecule is O=S(=O)(NCC1(O)CCC1)N1CCNCC1. The van der Waals surface area contributed by atoms with Gasteiger partial charge in [0.1, 0.15) is 0 Å². The molecule has 0 unspecified atom stereocenters. The maximum Gasteiger partial charge on any atom is 0.279 e. The van der Waals surface area contributed by atoms with Gasteiger partial charge in [0.15, 0.2) is 0 Å². The van der Waals surface area contributed by atoms with E-state index in [-0.39, 0.29) is 6.54 Å². The van der Waals surface area contributed by atoms with Gasteiger partial charge in [0.05, 0.1) is 5.60 Å². The van der Waals surface area contributed by atoms with Crippen molar-refractivity contribution in [2.75, 3.05) is 32.7 Å². The molecule has 94 valence electrons. The van der Waals surface area contributed by atoms with Crippen LogP contribution in [0.15, 0.2) is 0 Å². The molecule has 1 saturated carbocycles. The van der Waals surface area contributed by atoms with Crippen molar-refractivity contribution in [3.8, 4) is 0 Å². The fraction of sp³-hybridized carbons (Fsp3) is 1.00. The maximum absolute atomic E-state index is 11.8. The van der Waals surface area contributed by atoms with Crippen molar-refractivity contribution in [2.45, 2.75) is 24.9 Å². The molecule has 1 heterocycles. The molecular formula is C9H19N3O3S. The second-order valence-electron chi connectivity index (χ2n) is 4.55. The average molecular weight is 249 g/mol. The molecule has 2 aliphatic rings. The summed E-state index contributed by atoms with van der Waals surface area (Å²) in [5, 5.41) is 12.9. The van der Waals surface area contributed by atoms with Crippen molar-refractivity contribution >= 4 is 10.2 Å². The van der Waals surface area contributed by atoms with Gasteiger partial charge in [0.25, 0.3) is 10.2 Å². The molecule has 0 atom stereocenters. The summed E-state index contributed by atoms with van der Waals surface area (Å²) in [5.74, 6) is 0. The van der Waals surface area contributed by atoms with Gasteiger partial charge >= 0.3 is 0 Å². The second-order valence-corrected chi connectivity index (χ2v) is 6.31. The monoisotopic (exact) mass is 249 g/mol. The first-order valence-electron chi connectivity index (χ1n) is 5.70. The number of hydrogen-bond acceptors (Lipinski definition) is 4. The normalized spacial score (nSPS) is 26.3. The summed E-state index contributed by atoms with van der Waals surface area (Å²) in [6.45, 7) is 2.50. The summed E-state index contributed by atoms with van der Waals surface area (Å²) in [7, 11) is -3.41. The van der Waals surface area contributed by atoms with Crippen LogP contribution in [-0.4, -0.2) is 56.2 Å². The van der Waals surface area contributed by atoms with Gasteiger partial charge < -0.3 is 10.4 Å². The standard InChI is InChI=1S/C9H19N3O3S/c13-9(2-1-3-9)8-11-16(14,15)12-6-4-10-5-7-12/h10-11,13H,1-8H2. The van der Waals surface area contributed by atoms with Crippen LogP contribution in [0, 0.1) is 0 Å². The van der Waals surface area contributed by atoms with E-state index in [1.165, 1.54) is 4.31 Å². The van der Waals surface area contributed by atoms with E-state index < -0.39 is 15.8 Å². The minimum atomic E-state index is -3.41. The Labute approximate surface area is 96.2 Å². The highest BCUT2D eigenvalue weighted by Gasteiger charge is 2.36. The van der Waals surface area contributed by atoms with E-state index in [4.69, 9.17) is 0 Å². The Morgan fingerprint density at radius 3 is 2.44 bits per heavy atom. The molecule has 1 aliphatic carbocycles. The lowest BCUT2D eigenvalue weighted by Gasteiger charge is -2.37. The van der Waals surface area contributed by atoms with Crippen LogP contribution in [-0.2, 0) is 10.2 Å². The molecule has 16 heavy (non-hydrogen) atoms. The van der Waals surface area contributed by atoms with Gasteiger partial charge in [0.2, 0.25) is 0 Å². The molecule has 0 radical (unpaired) electrons. The largest absolute Gasteiger partial charge is 0.389 e. The summed E-state index contributed by atoms with van der Waals surface area (Å²) in [4.78, 5) is 0. The van der Waals surface area contributed by atoms with Gasteiger partial charge in [-0.2, -0.15) is 17.4 Å². The molecule has 2 rings (SSSR count). The van der Waals surface area contributed by atoms with E-state index in [9.17, 15) is 13.5 Å². The first-order valence-corrected chi connectivity index (χ1v) is 7.14. The first-order chi connectivity index (χ1) is 7.52. The van der Waals surface area contributed by atoms with Crippen LogP contribution < -0.4 is 10.0 Å². The minimum absolute atomic E-state index is 0.138. The number of aliphatic hydroxyl groups is 1. The molecule has 1 saturated heterocycles. The Balaban J connectivity index is 1.86. The van der Waals surface area contributed by atoms with Crippen molar-refractivity contribution in [3.63, 3.8) is 0 Å². The maximum atomic E-state index is 11.8. The number of piperazine rings is 1. The molecule has 0 aromatic rings. The van der Waals surface area contributed by atoms with Crippen molar-refractivity contribution in [3.05, 3.63) is 0 Å². The zero-order valence-corrected chi connectivity index (χ0v) is 10.1. The molecule has 7 heteroatoms. The molecule has 0 bridgehead atoms. The fourth-order valence-electron chi connectivity index (χ4n) is 1.96. The average Bonchev–Trinajstić information content (AvgIpc) is 2.25. The summed E-state index contributed by atoms with van der Waals surface area (Å²) in [6.07, 6.45) is 2.36. The third kappa shape index (κ3) is 2.72. The van der Waals surface area contributed by atoms with Crippen molar-refractivity contribution in [1.29, 1.82) is 0 Å². The first kappa shape index (κ1) is 12.3. The summed E-state index contributed by atoms with van der Waals surface area (Å²) < 4.78 is 27.6. The summed E-state index contributed by atoms with van der Waals surface area (Å²) in [6, 6.07) is 0. The highest BCUT2D eigenvalue weighted by atomic mass is 32.2. The molecule has 0 aromatic carbocycles. The van der Waals surface area contributed by atoms with Gasteiger partial charge in [-0.05, 0) is 19.3 Å². The van der Waals surface area contributed by atoms with Crippen LogP contribution in [0.25, 0.3) is 0 Å². The van der Waals surface area contributed by atoms with E-state index in [1.807, 2.05) is 0 Å². The van der Waals surface area contributed by atoms with Crippen LogP contribution >= 0.6 is 0 Å². The van der Waals surface area contributed by atoms with Gasteiger partial charge in [-0.25, -0.2) is 0 Å².